The van der Waals surface area contributed by atoms with Crippen LogP contribution in [0.2, 0.25) is 0 Å². The van der Waals surface area contributed by atoms with Crippen LogP contribution >= 0.6 is 0 Å². The molecule has 0 aliphatic heterocycles. The summed E-state index contributed by atoms with van der Waals surface area (Å²) in [7, 11) is 1.81. The zero-order valence-corrected chi connectivity index (χ0v) is 18.5. The first-order chi connectivity index (χ1) is 14.7. The van der Waals surface area contributed by atoms with Crippen LogP contribution in [-0.4, -0.2) is 13.7 Å². The summed E-state index contributed by atoms with van der Waals surface area (Å²) in [5.41, 5.74) is 3.75. The quantitative estimate of drug-likeness (QED) is 0.422. The summed E-state index contributed by atoms with van der Waals surface area (Å²) in [5, 5.41) is 0. The monoisotopic (exact) mass is 408 g/mol. The van der Waals surface area contributed by atoms with Crippen LogP contribution in [0.25, 0.3) is 11.1 Å². The molecule has 0 radical (unpaired) electrons. The van der Waals surface area contributed by atoms with E-state index in [9.17, 15) is 4.39 Å². The van der Waals surface area contributed by atoms with E-state index in [1.807, 2.05) is 19.2 Å². The fraction of sp³-hybridized carbons (Fsp3) is 0.571. The second kappa shape index (κ2) is 10.6. The van der Waals surface area contributed by atoms with Gasteiger partial charge in [-0.1, -0.05) is 49.2 Å². The highest BCUT2D eigenvalue weighted by molar-refractivity contribution is 5.63. The maximum atomic E-state index is 13.2. The first-order valence-electron chi connectivity index (χ1n) is 12.1. The van der Waals surface area contributed by atoms with Crippen molar-refractivity contribution in [2.45, 2.75) is 70.1 Å². The number of methoxy groups -OCH3 is 1. The van der Waals surface area contributed by atoms with Crippen LogP contribution in [0.1, 0.15) is 75.7 Å². The van der Waals surface area contributed by atoms with Crippen LogP contribution in [-0.2, 0) is 4.74 Å². The minimum atomic E-state index is -0.174. The van der Waals surface area contributed by atoms with Gasteiger partial charge in [0.2, 0.25) is 0 Å². The maximum absolute atomic E-state index is 13.2. The van der Waals surface area contributed by atoms with Crippen molar-refractivity contribution >= 4 is 0 Å². The first kappa shape index (κ1) is 21.6. The molecule has 0 spiro atoms. The summed E-state index contributed by atoms with van der Waals surface area (Å²) in [4.78, 5) is 0. The van der Waals surface area contributed by atoms with E-state index >= 15 is 0 Å². The van der Waals surface area contributed by atoms with Gasteiger partial charge in [-0.2, -0.15) is 0 Å². The van der Waals surface area contributed by atoms with Gasteiger partial charge in [0, 0.05) is 13.7 Å². The number of halogens is 1. The molecule has 0 aromatic heterocycles. The number of hydrogen-bond donors (Lipinski definition) is 0. The Morgan fingerprint density at radius 3 is 1.83 bits per heavy atom. The third-order valence-corrected chi connectivity index (χ3v) is 7.85. The highest BCUT2D eigenvalue weighted by Gasteiger charge is 2.31. The lowest BCUT2D eigenvalue weighted by Gasteiger charge is -2.38. The van der Waals surface area contributed by atoms with Crippen LogP contribution in [0.5, 0.6) is 0 Å². The summed E-state index contributed by atoms with van der Waals surface area (Å²) in [6.07, 6.45) is 13.9. The first-order valence-corrected chi connectivity index (χ1v) is 12.1. The van der Waals surface area contributed by atoms with Gasteiger partial charge in [0.25, 0.3) is 0 Å². The van der Waals surface area contributed by atoms with E-state index < -0.39 is 0 Å². The van der Waals surface area contributed by atoms with E-state index in [0.717, 1.165) is 29.9 Å². The molecule has 0 bridgehead atoms. The smallest absolute Gasteiger partial charge is 0.123 e. The van der Waals surface area contributed by atoms with Crippen LogP contribution in [0.15, 0.2) is 48.5 Å². The number of rotatable bonds is 7. The number of hydrogen-bond acceptors (Lipinski definition) is 1. The summed E-state index contributed by atoms with van der Waals surface area (Å²) in [5.74, 6) is 3.43. The predicted molar refractivity (Wildman–Crippen MR) is 123 cm³/mol. The van der Waals surface area contributed by atoms with Crippen LogP contribution < -0.4 is 0 Å². The molecule has 0 heterocycles. The van der Waals surface area contributed by atoms with Crippen LogP contribution in [0.4, 0.5) is 4.39 Å². The zero-order chi connectivity index (χ0) is 20.8. The molecule has 0 saturated heterocycles. The molecule has 2 saturated carbocycles. The Labute approximate surface area is 182 Å². The molecule has 0 atom stereocenters. The Morgan fingerprint density at radius 2 is 1.27 bits per heavy atom. The van der Waals surface area contributed by atoms with Crippen molar-refractivity contribution in [3.05, 3.63) is 59.9 Å². The van der Waals surface area contributed by atoms with E-state index in [0.29, 0.717) is 5.92 Å². The largest absolute Gasteiger partial charge is 0.385 e. The Morgan fingerprint density at radius 1 is 0.733 bits per heavy atom. The molecule has 4 rings (SSSR count). The Balaban J connectivity index is 1.24. The lowest BCUT2D eigenvalue weighted by atomic mass is 9.68. The molecule has 2 aromatic carbocycles. The molecular formula is C28H37FO. The third kappa shape index (κ3) is 5.52. The molecule has 2 aliphatic rings. The Hall–Kier alpha value is -1.67. The van der Waals surface area contributed by atoms with Gasteiger partial charge >= 0.3 is 0 Å². The van der Waals surface area contributed by atoms with Crippen molar-refractivity contribution in [3.63, 3.8) is 0 Å². The lowest BCUT2D eigenvalue weighted by Crippen LogP contribution is -2.25. The molecule has 0 amide bonds. The van der Waals surface area contributed by atoms with Crippen LogP contribution in [0, 0.1) is 23.6 Å². The SMILES string of the molecule is COCCCC1CCC(C2CCC(c3ccc(-c4ccc(F)cc4)cc3)CC2)CC1. The lowest BCUT2D eigenvalue weighted by molar-refractivity contribution is 0.144. The Bertz CT molecular complexity index is 750. The van der Waals surface area contributed by atoms with Crippen molar-refractivity contribution in [1.82, 2.24) is 0 Å². The summed E-state index contributed by atoms with van der Waals surface area (Å²) >= 11 is 0. The van der Waals surface area contributed by atoms with Gasteiger partial charge in [-0.3, -0.25) is 0 Å². The van der Waals surface area contributed by atoms with E-state index in [4.69, 9.17) is 4.74 Å². The molecule has 0 N–H and O–H groups in total. The van der Waals surface area contributed by atoms with E-state index in [1.165, 1.54) is 87.5 Å². The second-order valence-electron chi connectivity index (χ2n) is 9.66. The summed E-state index contributed by atoms with van der Waals surface area (Å²) in [6.45, 7) is 0.925. The molecule has 2 heteroatoms. The molecule has 2 aliphatic carbocycles. The fourth-order valence-corrected chi connectivity index (χ4v) is 5.98. The standard InChI is InChI=1S/C28H37FO/c1-30-20-2-3-21-4-6-22(7-5-21)23-8-10-24(11-9-23)25-12-14-26(15-13-25)27-16-18-28(29)19-17-27/h12-19,21-24H,2-11,20H2,1H3. The maximum Gasteiger partial charge on any atom is 0.123 e. The van der Waals surface area contributed by atoms with Crippen molar-refractivity contribution < 1.29 is 9.13 Å². The molecule has 1 nitrogen and oxygen atoms in total. The molecule has 2 fully saturated rings. The average molecular weight is 409 g/mol. The molecule has 162 valence electrons. The van der Waals surface area contributed by atoms with Crippen LogP contribution in [0.3, 0.4) is 0 Å². The Kier molecular flexibility index (Phi) is 7.60. The topological polar surface area (TPSA) is 9.23 Å². The highest BCUT2D eigenvalue weighted by Crippen LogP contribution is 2.44. The number of benzene rings is 2. The third-order valence-electron chi connectivity index (χ3n) is 7.85. The van der Waals surface area contributed by atoms with Crippen molar-refractivity contribution in [3.8, 4) is 11.1 Å². The van der Waals surface area contributed by atoms with Gasteiger partial charge in [-0.05, 0) is 104 Å². The van der Waals surface area contributed by atoms with Gasteiger partial charge in [0.1, 0.15) is 5.82 Å². The normalized spacial score (nSPS) is 27.1. The minimum absolute atomic E-state index is 0.174. The molecule has 2 aromatic rings. The fourth-order valence-electron chi connectivity index (χ4n) is 5.98. The van der Waals surface area contributed by atoms with Gasteiger partial charge in [0.05, 0.1) is 0 Å². The minimum Gasteiger partial charge on any atom is -0.385 e. The van der Waals surface area contributed by atoms with Gasteiger partial charge in [-0.25, -0.2) is 4.39 Å². The number of ether oxygens (including phenoxy) is 1. The van der Waals surface area contributed by atoms with Crippen molar-refractivity contribution in [1.29, 1.82) is 0 Å². The van der Waals surface area contributed by atoms with E-state index in [1.54, 1.807) is 0 Å². The van der Waals surface area contributed by atoms with Gasteiger partial charge in [-0.15, -0.1) is 0 Å². The second-order valence-corrected chi connectivity index (χ2v) is 9.66. The molecular weight excluding hydrogens is 371 g/mol. The van der Waals surface area contributed by atoms with E-state index in [-0.39, 0.29) is 5.82 Å². The van der Waals surface area contributed by atoms with Gasteiger partial charge in [0.15, 0.2) is 0 Å². The van der Waals surface area contributed by atoms with E-state index in [2.05, 4.69) is 24.3 Å². The summed E-state index contributed by atoms with van der Waals surface area (Å²) < 4.78 is 18.4. The van der Waals surface area contributed by atoms with Crippen molar-refractivity contribution in [2.24, 2.45) is 17.8 Å². The molecule has 0 unspecified atom stereocenters. The zero-order valence-electron chi connectivity index (χ0n) is 18.5. The van der Waals surface area contributed by atoms with Crippen molar-refractivity contribution in [2.75, 3.05) is 13.7 Å². The van der Waals surface area contributed by atoms with Gasteiger partial charge < -0.3 is 4.74 Å². The summed E-state index contributed by atoms with van der Waals surface area (Å²) in [6, 6.07) is 15.8. The predicted octanol–water partition coefficient (Wildman–Crippen LogP) is 8.00. The highest BCUT2D eigenvalue weighted by atomic mass is 19.1. The molecule has 30 heavy (non-hydrogen) atoms. The average Bonchev–Trinajstić information content (AvgIpc) is 2.81.